The SMILES string of the molecule is CC(COc1nc(C(=O)O)cs1)NC(=O)OCc1ccccc1. The van der Waals surface area contributed by atoms with Gasteiger partial charge >= 0.3 is 12.1 Å². The van der Waals surface area contributed by atoms with E-state index in [-0.39, 0.29) is 30.1 Å². The fraction of sp³-hybridized carbons (Fsp3) is 0.267. The highest BCUT2D eigenvalue weighted by Crippen LogP contribution is 2.18. The third-order valence-electron chi connectivity index (χ3n) is 2.74. The Morgan fingerprint density at radius 1 is 1.35 bits per heavy atom. The van der Waals surface area contributed by atoms with Gasteiger partial charge in [0.05, 0.1) is 6.04 Å². The minimum absolute atomic E-state index is 0.0621. The lowest BCUT2D eigenvalue weighted by Gasteiger charge is -2.13. The van der Waals surface area contributed by atoms with Gasteiger partial charge in [-0.3, -0.25) is 0 Å². The van der Waals surface area contributed by atoms with E-state index in [0.29, 0.717) is 0 Å². The van der Waals surface area contributed by atoms with Crippen molar-refractivity contribution in [3.05, 3.63) is 47.0 Å². The minimum Gasteiger partial charge on any atom is -0.476 e. The summed E-state index contributed by atoms with van der Waals surface area (Å²) in [7, 11) is 0. The van der Waals surface area contributed by atoms with Crippen LogP contribution >= 0.6 is 11.3 Å². The molecule has 0 radical (unpaired) electrons. The van der Waals surface area contributed by atoms with Crippen LogP contribution in [0.1, 0.15) is 23.0 Å². The largest absolute Gasteiger partial charge is 0.476 e. The first-order valence-electron chi connectivity index (χ1n) is 6.83. The molecule has 2 N–H and O–H groups in total. The molecular formula is C15H16N2O5S. The topological polar surface area (TPSA) is 97.8 Å². The molecule has 1 amide bonds. The highest BCUT2D eigenvalue weighted by molar-refractivity contribution is 7.11. The lowest BCUT2D eigenvalue weighted by atomic mass is 10.2. The number of thiazole rings is 1. The van der Waals surface area contributed by atoms with Crippen molar-refractivity contribution < 1.29 is 24.2 Å². The second-order valence-corrected chi connectivity index (χ2v) is 5.54. The van der Waals surface area contributed by atoms with E-state index < -0.39 is 12.1 Å². The number of benzene rings is 1. The van der Waals surface area contributed by atoms with Gasteiger partial charge in [0.25, 0.3) is 5.19 Å². The molecule has 1 heterocycles. The van der Waals surface area contributed by atoms with Crippen molar-refractivity contribution in [1.29, 1.82) is 0 Å². The quantitative estimate of drug-likeness (QED) is 0.806. The molecule has 0 saturated heterocycles. The number of amides is 1. The van der Waals surface area contributed by atoms with Crippen molar-refractivity contribution in [2.75, 3.05) is 6.61 Å². The molecule has 7 nitrogen and oxygen atoms in total. The van der Waals surface area contributed by atoms with Crippen LogP contribution in [0.2, 0.25) is 0 Å². The van der Waals surface area contributed by atoms with Crippen LogP contribution < -0.4 is 10.1 Å². The predicted molar refractivity (Wildman–Crippen MR) is 83.8 cm³/mol. The van der Waals surface area contributed by atoms with Crippen LogP contribution in [0.25, 0.3) is 0 Å². The number of carbonyl (C=O) groups excluding carboxylic acids is 1. The van der Waals surface area contributed by atoms with E-state index in [9.17, 15) is 9.59 Å². The van der Waals surface area contributed by atoms with Crippen molar-refractivity contribution in [1.82, 2.24) is 10.3 Å². The molecule has 0 fully saturated rings. The maximum atomic E-state index is 11.7. The molecular weight excluding hydrogens is 320 g/mol. The number of carbonyl (C=O) groups is 2. The summed E-state index contributed by atoms with van der Waals surface area (Å²) in [4.78, 5) is 26.1. The molecule has 1 aromatic carbocycles. The summed E-state index contributed by atoms with van der Waals surface area (Å²) >= 11 is 1.09. The summed E-state index contributed by atoms with van der Waals surface area (Å²) in [6, 6.07) is 9.04. The van der Waals surface area contributed by atoms with Crippen molar-refractivity contribution in [3.63, 3.8) is 0 Å². The van der Waals surface area contributed by atoms with Crippen molar-refractivity contribution in [3.8, 4) is 5.19 Å². The number of aromatic nitrogens is 1. The van der Waals surface area contributed by atoms with Gasteiger partial charge in [-0.15, -0.1) is 0 Å². The maximum Gasteiger partial charge on any atom is 0.407 e. The Balaban J connectivity index is 1.70. The summed E-state index contributed by atoms with van der Waals surface area (Å²) in [5.74, 6) is -1.10. The second-order valence-electron chi connectivity index (χ2n) is 4.72. The van der Waals surface area contributed by atoms with E-state index in [1.807, 2.05) is 30.3 Å². The molecule has 0 aliphatic rings. The summed E-state index contributed by atoms with van der Waals surface area (Å²) in [5, 5.41) is 13.0. The molecule has 2 rings (SSSR count). The number of aromatic carboxylic acids is 1. The molecule has 8 heteroatoms. The summed E-state index contributed by atoms with van der Waals surface area (Å²) in [6.45, 7) is 2.09. The number of carboxylic acids is 1. The fourth-order valence-corrected chi connectivity index (χ4v) is 2.28. The average molecular weight is 336 g/mol. The van der Waals surface area contributed by atoms with Gasteiger partial charge in [0.2, 0.25) is 0 Å². The Bertz CT molecular complexity index is 659. The second kappa shape index (κ2) is 8.14. The number of hydrogen-bond acceptors (Lipinski definition) is 6. The first-order valence-corrected chi connectivity index (χ1v) is 7.71. The van der Waals surface area contributed by atoms with Crippen LogP contribution in [0.3, 0.4) is 0 Å². The zero-order chi connectivity index (χ0) is 16.7. The van der Waals surface area contributed by atoms with Gasteiger partial charge in [-0.2, -0.15) is 4.98 Å². The van der Waals surface area contributed by atoms with Crippen LogP contribution in [0.15, 0.2) is 35.7 Å². The van der Waals surface area contributed by atoms with Crippen molar-refractivity contribution in [2.45, 2.75) is 19.6 Å². The molecule has 122 valence electrons. The van der Waals surface area contributed by atoms with Gasteiger partial charge in [0.1, 0.15) is 13.2 Å². The van der Waals surface area contributed by atoms with Crippen LogP contribution in [-0.4, -0.2) is 34.8 Å². The third-order valence-corrected chi connectivity index (χ3v) is 3.49. The summed E-state index contributed by atoms with van der Waals surface area (Å²) in [6.07, 6.45) is -0.546. The van der Waals surface area contributed by atoms with Gasteiger partial charge in [-0.1, -0.05) is 41.7 Å². The highest BCUT2D eigenvalue weighted by Gasteiger charge is 2.12. The van der Waals surface area contributed by atoms with E-state index in [4.69, 9.17) is 14.6 Å². The number of hydrogen-bond donors (Lipinski definition) is 2. The Morgan fingerprint density at radius 2 is 2.09 bits per heavy atom. The average Bonchev–Trinajstić information content (AvgIpc) is 3.01. The van der Waals surface area contributed by atoms with Gasteiger partial charge in [0, 0.05) is 5.38 Å². The summed E-state index contributed by atoms with van der Waals surface area (Å²) < 4.78 is 10.4. The van der Waals surface area contributed by atoms with E-state index >= 15 is 0 Å². The van der Waals surface area contributed by atoms with E-state index in [1.165, 1.54) is 5.38 Å². The first-order chi connectivity index (χ1) is 11.0. The number of nitrogens with zero attached hydrogens (tertiary/aromatic N) is 1. The monoisotopic (exact) mass is 336 g/mol. The standard InChI is InChI=1S/C15H16N2O5S/c1-10(7-22-15-17-12(9-23-15)13(18)19)16-14(20)21-8-11-5-3-2-4-6-11/h2-6,9-10H,7-8H2,1H3,(H,16,20)(H,18,19). The number of carboxylic acid groups (broad SMARTS) is 1. The molecule has 0 saturated carbocycles. The molecule has 2 aromatic rings. The Kier molecular flexibility index (Phi) is 5.93. The van der Waals surface area contributed by atoms with E-state index in [2.05, 4.69) is 10.3 Å². The maximum absolute atomic E-state index is 11.7. The minimum atomic E-state index is -1.10. The zero-order valence-corrected chi connectivity index (χ0v) is 13.2. The smallest absolute Gasteiger partial charge is 0.407 e. The molecule has 1 atom stereocenters. The molecule has 1 unspecified atom stereocenters. The molecule has 1 aromatic heterocycles. The van der Waals surface area contributed by atoms with Crippen LogP contribution in [0.4, 0.5) is 4.79 Å². The third kappa shape index (κ3) is 5.59. The molecule has 0 bridgehead atoms. The Labute approximate surface area is 136 Å². The molecule has 23 heavy (non-hydrogen) atoms. The van der Waals surface area contributed by atoms with E-state index in [1.54, 1.807) is 6.92 Å². The number of ether oxygens (including phenoxy) is 2. The predicted octanol–water partition coefficient (Wildman–Crippen LogP) is 2.54. The molecule has 0 aliphatic heterocycles. The Hall–Kier alpha value is -2.61. The fourth-order valence-electron chi connectivity index (χ4n) is 1.63. The van der Waals surface area contributed by atoms with Crippen LogP contribution in [-0.2, 0) is 11.3 Å². The lowest BCUT2D eigenvalue weighted by molar-refractivity contribution is 0.0690. The van der Waals surface area contributed by atoms with Crippen molar-refractivity contribution in [2.24, 2.45) is 0 Å². The molecule has 0 aliphatic carbocycles. The van der Waals surface area contributed by atoms with Crippen molar-refractivity contribution >= 4 is 23.4 Å². The Morgan fingerprint density at radius 3 is 2.74 bits per heavy atom. The first kappa shape index (κ1) is 16.8. The lowest BCUT2D eigenvalue weighted by Crippen LogP contribution is -2.37. The zero-order valence-electron chi connectivity index (χ0n) is 12.4. The van der Waals surface area contributed by atoms with Crippen LogP contribution in [0, 0.1) is 0 Å². The van der Waals surface area contributed by atoms with Gasteiger partial charge < -0.3 is 19.9 Å². The molecule has 0 spiro atoms. The highest BCUT2D eigenvalue weighted by atomic mass is 32.1. The normalized spacial score (nSPS) is 11.5. The summed E-state index contributed by atoms with van der Waals surface area (Å²) in [5.41, 5.74) is 0.837. The van der Waals surface area contributed by atoms with Gasteiger partial charge in [-0.25, -0.2) is 9.59 Å². The van der Waals surface area contributed by atoms with Gasteiger partial charge in [-0.05, 0) is 12.5 Å². The number of nitrogens with one attached hydrogen (secondary N) is 1. The van der Waals surface area contributed by atoms with E-state index in [0.717, 1.165) is 16.9 Å². The number of alkyl carbamates (subject to hydrolysis) is 1. The van der Waals surface area contributed by atoms with Gasteiger partial charge in [0.15, 0.2) is 5.69 Å². The number of rotatable bonds is 7. The van der Waals surface area contributed by atoms with Crippen LogP contribution in [0.5, 0.6) is 5.19 Å².